The normalized spacial score (nSPS) is 10.6. The molecule has 2 aromatic rings. The van der Waals surface area contributed by atoms with E-state index in [-0.39, 0.29) is 24.8 Å². The van der Waals surface area contributed by atoms with Crippen LogP contribution >= 0.6 is 0 Å². The molecule has 1 heterocycles. The maximum atomic E-state index is 12.2. The molecular weight excluding hydrogens is 332 g/mol. The molecule has 0 radical (unpaired) electrons. The van der Waals surface area contributed by atoms with Crippen LogP contribution in [0.1, 0.15) is 42.6 Å². The largest absolute Gasteiger partial charge is 0.339 e. The van der Waals surface area contributed by atoms with Crippen LogP contribution in [0.5, 0.6) is 0 Å². The Hall–Kier alpha value is -2.70. The third-order valence-electron chi connectivity index (χ3n) is 4.22. The zero-order valence-electron chi connectivity index (χ0n) is 15.8. The Balaban J connectivity index is 1.81. The molecule has 0 saturated heterocycles. The number of carbonyl (C=O) groups is 2. The van der Waals surface area contributed by atoms with E-state index < -0.39 is 0 Å². The highest BCUT2D eigenvalue weighted by Gasteiger charge is 2.15. The number of anilines is 1. The Morgan fingerprint density at radius 3 is 2.73 bits per heavy atom. The molecule has 0 unspecified atom stereocenters. The maximum absolute atomic E-state index is 12.2. The highest BCUT2D eigenvalue weighted by molar-refractivity contribution is 5.95. The zero-order chi connectivity index (χ0) is 19.1. The van der Waals surface area contributed by atoms with Gasteiger partial charge in [0.15, 0.2) is 5.82 Å². The number of carbonyl (C=O) groups excluding carboxylic acids is 2. The summed E-state index contributed by atoms with van der Waals surface area (Å²) in [6.45, 7) is 5.98. The number of hydrogen-bond acceptors (Lipinski definition) is 5. The number of benzene rings is 1. The number of aromatic nitrogens is 2. The van der Waals surface area contributed by atoms with Crippen LogP contribution in [0.2, 0.25) is 0 Å². The minimum absolute atomic E-state index is 0.00284. The fourth-order valence-electron chi connectivity index (χ4n) is 2.50. The van der Waals surface area contributed by atoms with Gasteiger partial charge in [0.25, 0.3) is 0 Å². The van der Waals surface area contributed by atoms with Crippen LogP contribution in [-0.4, -0.2) is 40.4 Å². The van der Waals surface area contributed by atoms with E-state index in [1.165, 1.54) is 4.90 Å². The Morgan fingerprint density at radius 1 is 1.23 bits per heavy atom. The van der Waals surface area contributed by atoms with Crippen LogP contribution in [0, 0.1) is 13.8 Å². The molecule has 1 aromatic carbocycles. The SMILES string of the molecule is CCCc1noc(CCC(=O)N(C)CC(=O)Nc2cccc(C)c2C)n1. The van der Waals surface area contributed by atoms with Crippen molar-refractivity contribution < 1.29 is 14.1 Å². The van der Waals surface area contributed by atoms with Gasteiger partial charge in [-0.25, -0.2) is 0 Å². The van der Waals surface area contributed by atoms with Crippen molar-refractivity contribution in [2.45, 2.75) is 46.5 Å². The number of nitrogens with zero attached hydrogens (tertiary/aromatic N) is 3. The molecular formula is C19H26N4O3. The van der Waals surface area contributed by atoms with Crippen LogP contribution in [0.25, 0.3) is 0 Å². The van der Waals surface area contributed by atoms with Gasteiger partial charge in [-0.05, 0) is 37.5 Å². The lowest BCUT2D eigenvalue weighted by molar-refractivity contribution is -0.133. The molecule has 0 bridgehead atoms. The number of hydrogen-bond donors (Lipinski definition) is 1. The molecule has 2 amide bonds. The van der Waals surface area contributed by atoms with E-state index in [1.54, 1.807) is 7.05 Å². The van der Waals surface area contributed by atoms with E-state index in [0.29, 0.717) is 18.1 Å². The minimum Gasteiger partial charge on any atom is -0.339 e. The van der Waals surface area contributed by atoms with E-state index in [4.69, 9.17) is 4.52 Å². The Kier molecular flexibility index (Phi) is 6.89. The maximum Gasteiger partial charge on any atom is 0.243 e. The molecule has 0 fully saturated rings. The van der Waals surface area contributed by atoms with E-state index in [2.05, 4.69) is 15.5 Å². The zero-order valence-corrected chi connectivity index (χ0v) is 15.8. The van der Waals surface area contributed by atoms with Crippen molar-refractivity contribution in [3.8, 4) is 0 Å². The van der Waals surface area contributed by atoms with Gasteiger partial charge in [0.05, 0.1) is 6.54 Å². The molecule has 7 heteroatoms. The predicted molar refractivity (Wildman–Crippen MR) is 98.8 cm³/mol. The predicted octanol–water partition coefficient (Wildman–Crippen LogP) is 2.67. The molecule has 0 aliphatic heterocycles. The highest BCUT2D eigenvalue weighted by Crippen LogP contribution is 2.17. The van der Waals surface area contributed by atoms with Crippen molar-refractivity contribution in [3.05, 3.63) is 41.0 Å². The Labute approximate surface area is 153 Å². The van der Waals surface area contributed by atoms with Gasteiger partial charge in [0, 0.05) is 32.0 Å². The van der Waals surface area contributed by atoms with Crippen molar-refractivity contribution in [2.24, 2.45) is 0 Å². The summed E-state index contributed by atoms with van der Waals surface area (Å²) in [5.74, 6) is 0.750. The van der Waals surface area contributed by atoms with Gasteiger partial charge in [-0.2, -0.15) is 4.98 Å². The molecule has 0 atom stereocenters. The van der Waals surface area contributed by atoms with Crippen molar-refractivity contribution >= 4 is 17.5 Å². The van der Waals surface area contributed by atoms with Crippen LogP contribution in [0.15, 0.2) is 22.7 Å². The first-order valence-corrected chi connectivity index (χ1v) is 8.82. The quantitative estimate of drug-likeness (QED) is 0.784. The summed E-state index contributed by atoms with van der Waals surface area (Å²) in [5, 5.41) is 6.72. The smallest absolute Gasteiger partial charge is 0.243 e. The summed E-state index contributed by atoms with van der Waals surface area (Å²) in [4.78, 5) is 30.1. The van der Waals surface area contributed by atoms with Crippen LogP contribution < -0.4 is 5.32 Å². The summed E-state index contributed by atoms with van der Waals surface area (Å²) < 4.78 is 5.12. The fourth-order valence-corrected chi connectivity index (χ4v) is 2.50. The number of rotatable bonds is 8. The summed E-state index contributed by atoms with van der Waals surface area (Å²) >= 11 is 0. The molecule has 1 N–H and O–H groups in total. The molecule has 0 spiro atoms. The standard InChI is InChI=1S/C19H26N4O3/c1-5-7-16-21-18(26-22-16)10-11-19(25)23(4)12-17(24)20-15-9-6-8-13(2)14(15)3/h6,8-9H,5,7,10-12H2,1-4H3,(H,20,24). The van der Waals surface area contributed by atoms with Crippen LogP contribution in [0.4, 0.5) is 5.69 Å². The van der Waals surface area contributed by atoms with Crippen molar-refractivity contribution in [3.63, 3.8) is 0 Å². The van der Waals surface area contributed by atoms with Gasteiger partial charge < -0.3 is 14.7 Å². The first-order chi connectivity index (χ1) is 12.4. The molecule has 2 rings (SSSR count). The van der Waals surface area contributed by atoms with Gasteiger partial charge in [-0.15, -0.1) is 0 Å². The third-order valence-corrected chi connectivity index (χ3v) is 4.22. The molecule has 26 heavy (non-hydrogen) atoms. The van der Waals surface area contributed by atoms with Gasteiger partial charge in [0.1, 0.15) is 0 Å². The van der Waals surface area contributed by atoms with E-state index in [1.807, 2.05) is 39.0 Å². The Bertz CT molecular complexity index is 770. The Morgan fingerprint density at radius 2 is 2.00 bits per heavy atom. The first kappa shape index (κ1) is 19.6. The molecule has 1 aromatic heterocycles. The number of aryl methyl sites for hydroxylation is 3. The lowest BCUT2D eigenvalue weighted by Crippen LogP contribution is -2.35. The highest BCUT2D eigenvalue weighted by atomic mass is 16.5. The summed E-state index contributed by atoms with van der Waals surface area (Å²) in [7, 11) is 1.61. The molecule has 0 saturated carbocycles. The third kappa shape index (κ3) is 5.40. The second kappa shape index (κ2) is 9.12. The minimum atomic E-state index is -0.224. The summed E-state index contributed by atoms with van der Waals surface area (Å²) in [6, 6.07) is 5.74. The van der Waals surface area contributed by atoms with Crippen molar-refractivity contribution in [1.29, 1.82) is 0 Å². The van der Waals surface area contributed by atoms with E-state index in [0.717, 1.165) is 29.7 Å². The van der Waals surface area contributed by atoms with Crippen molar-refractivity contribution in [2.75, 3.05) is 18.9 Å². The summed E-state index contributed by atoms with van der Waals surface area (Å²) in [6.07, 6.45) is 2.30. The lowest BCUT2D eigenvalue weighted by Gasteiger charge is -2.17. The molecule has 7 nitrogen and oxygen atoms in total. The van der Waals surface area contributed by atoms with Gasteiger partial charge in [-0.1, -0.05) is 24.2 Å². The second-order valence-corrected chi connectivity index (χ2v) is 6.40. The topological polar surface area (TPSA) is 88.3 Å². The number of amides is 2. The molecule has 140 valence electrons. The fraction of sp³-hybridized carbons (Fsp3) is 0.474. The monoisotopic (exact) mass is 358 g/mol. The van der Waals surface area contributed by atoms with E-state index in [9.17, 15) is 9.59 Å². The summed E-state index contributed by atoms with van der Waals surface area (Å²) in [5.41, 5.74) is 2.90. The molecule has 0 aliphatic rings. The van der Waals surface area contributed by atoms with E-state index >= 15 is 0 Å². The molecule has 0 aliphatic carbocycles. The van der Waals surface area contributed by atoms with Crippen LogP contribution in [-0.2, 0) is 22.4 Å². The van der Waals surface area contributed by atoms with Crippen LogP contribution in [0.3, 0.4) is 0 Å². The first-order valence-electron chi connectivity index (χ1n) is 8.82. The average Bonchev–Trinajstić information content (AvgIpc) is 3.04. The number of nitrogens with one attached hydrogen (secondary N) is 1. The average molecular weight is 358 g/mol. The van der Waals surface area contributed by atoms with Gasteiger partial charge in [-0.3, -0.25) is 9.59 Å². The van der Waals surface area contributed by atoms with Gasteiger partial charge >= 0.3 is 0 Å². The lowest BCUT2D eigenvalue weighted by atomic mass is 10.1. The van der Waals surface area contributed by atoms with Gasteiger partial charge in [0.2, 0.25) is 17.7 Å². The second-order valence-electron chi connectivity index (χ2n) is 6.40. The number of likely N-dealkylation sites (N-methyl/N-ethyl adjacent to an activating group) is 1. The van der Waals surface area contributed by atoms with Crippen molar-refractivity contribution in [1.82, 2.24) is 15.0 Å².